The van der Waals surface area contributed by atoms with E-state index in [4.69, 9.17) is 0 Å². The third-order valence-electron chi connectivity index (χ3n) is 8.39. The summed E-state index contributed by atoms with van der Waals surface area (Å²) in [7, 11) is 0. The van der Waals surface area contributed by atoms with E-state index in [0.717, 1.165) is 35.5 Å². The second kappa shape index (κ2) is 14.3. The topological polar surface area (TPSA) is 0 Å². The molecule has 0 aromatic rings. The SMILES string of the molecule is CC(C)(C)C.CC1CCC(CC2CCCCC2)C1.CC1CCC(CC2CCCCC2)C1. The van der Waals surface area contributed by atoms with E-state index in [1.807, 2.05) is 0 Å². The van der Waals surface area contributed by atoms with Crippen molar-refractivity contribution in [3.05, 3.63) is 0 Å². The van der Waals surface area contributed by atoms with E-state index in [1.54, 1.807) is 38.5 Å². The maximum Gasteiger partial charge on any atom is -0.0409 e. The lowest BCUT2D eigenvalue weighted by atomic mass is 9.82. The van der Waals surface area contributed by atoms with Crippen molar-refractivity contribution >= 4 is 0 Å². The van der Waals surface area contributed by atoms with E-state index >= 15 is 0 Å². The van der Waals surface area contributed by atoms with Crippen molar-refractivity contribution in [2.24, 2.45) is 40.9 Å². The fourth-order valence-corrected chi connectivity index (χ4v) is 6.87. The van der Waals surface area contributed by atoms with E-state index in [2.05, 4.69) is 41.5 Å². The van der Waals surface area contributed by atoms with Crippen molar-refractivity contribution in [1.82, 2.24) is 0 Å². The molecule has 4 fully saturated rings. The normalized spacial score (nSPS) is 32.7. The quantitative estimate of drug-likeness (QED) is 0.414. The average Bonchev–Trinajstić information content (AvgIpc) is 3.30. The Bertz CT molecular complexity index is 384. The van der Waals surface area contributed by atoms with Crippen LogP contribution in [-0.2, 0) is 0 Å². The molecule has 31 heavy (non-hydrogen) atoms. The van der Waals surface area contributed by atoms with Crippen LogP contribution in [0.3, 0.4) is 0 Å². The van der Waals surface area contributed by atoms with Crippen LogP contribution in [0.1, 0.15) is 157 Å². The molecule has 0 heteroatoms. The van der Waals surface area contributed by atoms with E-state index in [9.17, 15) is 0 Å². The highest BCUT2D eigenvalue weighted by molar-refractivity contribution is 4.78. The van der Waals surface area contributed by atoms with Gasteiger partial charge in [0.2, 0.25) is 0 Å². The van der Waals surface area contributed by atoms with Crippen LogP contribution >= 0.6 is 0 Å². The van der Waals surface area contributed by atoms with E-state index in [1.165, 1.54) is 77.0 Å². The molecule has 0 N–H and O–H groups in total. The van der Waals surface area contributed by atoms with Crippen LogP contribution in [0.15, 0.2) is 0 Å². The van der Waals surface area contributed by atoms with Crippen molar-refractivity contribution in [3.8, 4) is 0 Å². The van der Waals surface area contributed by atoms with Gasteiger partial charge in [0.1, 0.15) is 0 Å². The highest BCUT2D eigenvalue weighted by Crippen LogP contribution is 2.39. The lowest BCUT2D eigenvalue weighted by Crippen LogP contribution is -2.10. The third kappa shape index (κ3) is 13.3. The molecule has 0 saturated heterocycles. The standard InChI is InChI=1S/2C13H24.C5H12/c2*1-11-7-8-13(9-11)10-12-5-3-2-4-6-12;1-5(2,3)4/h2*11-13H,2-10H2,1H3;1-4H3. The van der Waals surface area contributed by atoms with E-state index in [0.29, 0.717) is 5.41 Å². The van der Waals surface area contributed by atoms with E-state index in [-0.39, 0.29) is 0 Å². The first kappa shape index (κ1) is 27.2. The monoisotopic (exact) mass is 432 g/mol. The van der Waals surface area contributed by atoms with Gasteiger partial charge in [-0.2, -0.15) is 0 Å². The summed E-state index contributed by atoms with van der Waals surface area (Å²) in [5.41, 5.74) is 0.500. The van der Waals surface area contributed by atoms with Gasteiger partial charge in [0.25, 0.3) is 0 Å². The van der Waals surface area contributed by atoms with Crippen LogP contribution in [0.2, 0.25) is 0 Å². The molecule has 4 saturated carbocycles. The van der Waals surface area contributed by atoms with E-state index < -0.39 is 0 Å². The maximum absolute atomic E-state index is 2.43. The lowest BCUT2D eigenvalue weighted by molar-refractivity contribution is 0.286. The van der Waals surface area contributed by atoms with Gasteiger partial charge in [0.05, 0.1) is 0 Å². The zero-order valence-corrected chi connectivity index (χ0v) is 22.7. The Kier molecular flexibility index (Phi) is 12.6. The molecular weight excluding hydrogens is 372 g/mol. The predicted octanol–water partition coefficient (Wildman–Crippen LogP) is 10.8. The highest BCUT2D eigenvalue weighted by Gasteiger charge is 2.26. The van der Waals surface area contributed by atoms with Crippen molar-refractivity contribution in [3.63, 3.8) is 0 Å². The first-order valence-corrected chi connectivity index (χ1v) is 14.7. The molecule has 0 aliphatic heterocycles. The summed E-state index contributed by atoms with van der Waals surface area (Å²) in [6.07, 6.45) is 27.6. The number of hydrogen-bond donors (Lipinski definition) is 0. The molecule has 0 aromatic heterocycles. The van der Waals surface area contributed by atoms with Gasteiger partial charge < -0.3 is 0 Å². The summed E-state index contributed by atoms with van der Waals surface area (Å²) >= 11 is 0. The maximum atomic E-state index is 2.43. The second-order valence-corrected chi connectivity index (χ2v) is 14.0. The predicted molar refractivity (Wildman–Crippen MR) is 141 cm³/mol. The molecule has 4 rings (SSSR count). The van der Waals surface area contributed by atoms with Crippen molar-refractivity contribution in [2.75, 3.05) is 0 Å². The van der Waals surface area contributed by atoms with Crippen molar-refractivity contribution in [2.45, 2.75) is 157 Å². The fraction of sp³-hybridized carbons (Fsp3) is 1.00. The van der Waals surface area contributed by atoms with Gasteiger partial charge in [-0.1, -0.05) is 131 Å². The molecule has 0 aromatic carbocycles. The molecule has 184 valence electrons. The molecule has 4 unspecified atom stereocenters. The minimum atomic E-state index is 0.500. The molecule has 4 aliphatic rings. The highest BCUT2D eigenvalue weighted by atomic mass is 14.3. The van der Waals surface area contributed by atoms with Crippen LogP contribution in [0.5, 0.6) is 0 Å². The summed E-state index contributed by atoms with van der Waals surface area (Å²) in [5, 5.41) is 0. The molecule has 0 radical (unpaired) electrons. The largest absolute Gasteiger partial charge is 0.0625 e. The van der Waals surface area contributed by atoms with Crippen molar-refractivity contribution < 1.29 is 0 Å². The first-order valence-electron chi connectivity index (χ1n) is 14.7. The van der Waals surface area contributed by atoms with Crippen LogP contribution in [0.25, 0.3) is 0 Å². The first-order chi connectivity index (χ1) is 14.7. The van der Waals surface area contributed by atoms with Gasteiger partial charge in [-0.15, -0.1) is 0 Å². The zero-order chi connectivity index (χ0) is 22.7. The Hall–Kier alpha value is 0. The summed E-state index contributed by atoms with van der Waals surface area (Å²) in [6, 6.07) is 0. The second-order valence-electron chi connectivity index (χ2n) is 14.0. The van der Waals surface area contributed by atoms with Gasteiger partial charge in [-0.3, -0.25) is 0 Å². The van der Waals surface area contributed by atoms with Crippen LogP contribution in [0, 0.1) is 40.9 Å². The summed E-state index contributed by atoms with van der Waals surface area (Å²) in [6.45, 7) is 13.6. The Morgan fingerprint density at radius 1 is 0.452 bits per heavy atom. The number of rotatable bonds is 4. The van der Waals surface area contributed by atoms with Gasteiger partial charge >= 0.3 is 0 Å². The van der Waals surface area contributed by atoms with Gasteiger partial charge in [-0.05, 0) is 66.6 Å². The molecule has 4 atom stereocenters. The fourth-order valence-electron chi connectivity index (χ4n) is 6.87. The molecule has 4 aliphatic carbocycles. The van der Waals surface area contributed by atoms with Crippen LogP contribution in [0.4, 0.5) is 0 Å². The Labute approximate surface area is 198 Å². The molecule has 0 heterocycles. The Morgan fingerprint density at radius 2 is 0.774 bits per heavy atom. The molecule has 0 bridgehead atoms. The third-order valence-corrected chi connectivity index (χ3v) is 8.39. The summed E-state index contributed by atoms with van der Waals surface area (Å²) < 4.78 is 0. The molecule has 0 nitrogen and oxygen atoms in total. The Morgan fingerprint density at radius 3 is 1.03 bits per heavy atom. The van der Waals surface area contributed by atoms with Gasteiger partial charge in [0, 0.05) is 0 Å². The Balaban J connectivity index is 0.000000182. The van der Waals surface area contributed by atoms with Crippen LogP contribution < -0.4 is 0 Å². The minimum Gasteiger partial charge on any atom is -0.0625 e. The summed E-state index contributed by atoms with van der Waals surface area (Å²) in [4.78, 5) is 0. The molecular formula is C31H60. The zero-order valence-electron chi connectivity index (χ0n) is 22.7. The van der Waals surface area contributed by atoms with Crippen LogP contribution in [-0.4, -0.2) is 0 Å². The molecule has 0 amide bonds. The average molecular weight is 433 g/mol. The van der Waals surface area contributed by atoms with Gasteiger partial charge in [-0.25, -0.2) is 0 Å². The summed E-state index contributed by atoms with van der Waals surface area (Å²) in [5.74, 6) is 6.52. The van der Waals surface area contributed by atoms with Gasteiger partial charge in [0.15, 0.2) is 0 Å². The lowest BCUT2D eigenvalue weighted by Gasteiger charge is -2.24. The number of hydrogen-bond acceptors (Lipinski definition) is 0. The molecule has 0 spiro atoms. The minimum absolute atomic E-state index is 0.500. The van der Waals surface area contributed by atoms with Crippen molar-refractivity contribution in [1.29, 1.82) is 0 Å². The smallest absolute Gasteiger partial charge is 0.0409 e.